The first-order chi connectivity index (χ1) is 11.7. The highest BCUT2D eigenvalue weighted by molar-refractivity contribution is 7.98. The number of hydrogen-bond donors (Lipinski definition) is 0. The first kappa shape index (κ1) is 18.1. The number of halogens is 1. The summed E-state index contributed by atoms with van der Waals surface area (Å²) in [7, 11) is 0. The number of nitrogens with zero attached hydrogens (tertiary/aromatic N) is 2. The van der Waals surface area contributed by atoms with Gasteiger partial charge < -0.3 is 9.64 Å². The van der Waals surface area contributed by atoms with Crippen molar-refractivity contribution in [1.29, 1.82) is 0 Å². The minimum atomic E-state index is 0.0718. The molecule has 0 spiro atoms. The van der Waals surface area contributed by atoms with Crippen LogP contribution in [0, 0.1) is 5.92 Å². The molecule has 2 fully saturated rings. The van der Waals surface area contributed by atoms with E-state index < -0.39 is 0 Å². The molecule has 1 aromatic rings. The van der Waals surface area contributed by atoms with E-state index in [0.29, 0.717) is 16.5 Å². The van der Waals surface area contributed by atoms with Crippen LogP contribution in [-0.2, 0) is 4.74 Å². The maximum Gasteiger partial charge on any atom is 0.255 e. The van der Waals surface area contributed by atoms with Crippen molar-refractivity contribution in [3.8, 4) is 0 Å². The summed E-state index contributed by atoms with van der Waals surface area (Å²) in [5.74, 6) is 0.617. The normalized spacial score (nSPS) is 22.6. The van der Waals surface area contributed by atoms with Crippen molar-refractivity contribution in [3.63, 3.8) is 0 Å². The second-order valence-electron chi connectivity index (χ2n) is 6.52. The van der Waals surface area contributed by atoms with Crippen LogP contribution < -0.4 is 0 Å². The van der Waals surface area contributed by atoms with E-state index in [1.807, 2.05) is 29.4 Å². The van der Waals surface area contributed by atoms with Gasteiger partial charge in [-0.05, 0) is 43.2 Å². The molecule has 0 bridgehead atoms. The van der Waals surface area contributed by atoms with Gasteiger partial charge in [0.25, 0.3) is 5.91 Å². The van der Waals surface area contributed by atoms with Gasteiger partial charge in [-0.3, -0.25) is 9.69 Å². The van der Waals surface area contributed by atoms with Gasteiger partial charge in [0.05, 0.1) is 23.8 Å². The zero-order valence-electron chi connectivity index (χ0n) is 14.2. The van der Waals surface area contributed by atoms with Crippen LogP contribution in [0.25, 0.3) is 0 Å². The van der Waals surface area contributed by atoms with Crippen molar-refractivity contribution in [2.45, 2.75) is 17.7 Å². The Morgan fingerprint density at radius 1 is 1.33 bits per heavy atom. The summed E-state index contributed by atoms with van der Waals surface area (Å²) in [5, 5.41) is 0.549. The summed E-state index contributed by atoms with van der Waals surface area (Å²) < 4.78 is 5.42. The molecule has 1 atom stereocenters. The van der Waals surface area contributed by atoms with Crippen molar-refractivity contribution < 1.29 is 9.53 Å². The topological polar surface area (TPSA) is 32.8 Å². The van der Waals surface area contributed by atoms with Gasteiger partial charge in [-0.25, -0.2) is 0 Å². The zero-order chi connectivity index (χ0) is 16.9. The van der Waals surface area contributed by atoms with Crippen LogP contribution >= 0.6 is 23.4 Å². The lowest BCUT2D eigenvalue weighted by atomic mass is 9.96. The van der Waals surface area contributed by atoms with Crippen LogP contribution in [0.4, 0.5) is 0 Å². The molecule has 0 radical (unpaired) electrons. The second kappa shape index (κ2) is 8.56. The standard InChI is InChI=1S/C18H25ClN2O2S/c1-24-15-4-5-17(19)16(11-15)18(22)21-6-2-3-14(13-21)12-20-7-9-23-10-8-20/h4-5,11,14H,2-3,6-10,12-13H2,1H3. The monoisotopic (exact) mass is 368 g/mol. The highest BCUT2D eigenvalue weighted by Gasteiger charge is 2.27. The van der Waals surface area contributed by atoms with Gasteiger partial charge in [0.15, 0.2) is 0 Å². The number of morpholine rings is 1. The maximum absolute atomic E-state index is 12.9. The van der Waals surface area contributed by atoms with E-state index in [4.69, 9.17) is 16.3 Å². The maximum atomic E-state index is 12.9. The molecule has 132 valence electrons. The molecule has 4 nitrogen and oxygen atoms in total. The van der Waals surface area contributed by atoms with Crippen molar-refractivity contribution in [3.05, 3.63) is 28.8 Å². The molecule has 2 aliphatic rings. The van der Waals surface area contributed by atoms with E-state index in [1.165, 1.54) is 6.42 Å². The third-order valence-corrected chi connectivity index (χ3v) is 5.89. The molecule has 3 rings (SSSR count). The predicted octanol–water partition coefficient (Wildman–Crippen LogP) is 3.25. The van der Waals surface area contributed by atoms with E-state index >= 15 is 0 Å². The third-order valence-electron chi connectivity index (χ3n) is 4.83. The number of likely N-dealkylation sites (tertiary alicyclic amines) is 1. The number of piperidine rings is 1. The number of amides is 1. The number of ether oxygens (including phenoxy) is 1. The quantitative estimate of drug-likeness (QED) is 0.764. The largest absolute Gasteiger partial charge is 0.379 e. The first-order valence-corrected chi connectivity index (χ1v) is 10.2. The van der Waals surface area contributed by atoms with Crippen LogP contribution in [-0.4, -0.2) is 67.9 Å². The summed E-state index contributed by atoms with van der Waals surface area (Å²) in [4.78, 5) is 18.4. The number of rotatable bonds is 4. The Hall–Kier alpha value is -0.750. The molecule has 1 unspecified atom stereocenters. The molecule has 6 heteroatoms. The predicted molar refractivity (Wildman–Crippen MR) is 99.1 cm³/mol. The second-order valence-corrected chi connectivity index (χ2v) is 7.81. The summed E-state index contributed by atoms with van der Waals surface area (Å²) in [5.41, 5.74) is 0.635. The Kier molecular flexibility index (Phi) is 6.44. The molecule has 2 saturated heterocycles. The number of carbonyl (C=O) groups is 1. The summed E-state index contributed by atoms with van der Waals surface area (Å²) in [6.07, 6.45) is 4.27. The fourth-order valence-corrected chi connectivity index (χ4v) is 4.15. The average Bonchev–Trinajstić information content (AvgIpc) is 2.63. The molecule has 1 aromatic carbocycles. The number of thioether (sulfide) groups is 1. The SMILES string of the molecule is CSc1ccc(Cl)c(C(=O)N2CCCC(CN3CCOCC3)C2)c1. The first-order valence-electron chi connectivity index (χ1n) is 8.60. The molecular formula is C18H25ClN2O2S. The van der Waals surface area contributed by atoms with E-state index in [0.717, 1.165) is 57.3 Å². The van der Waals surface area contributed by atoms with Gasteiger partial charge in [0, 0.05) is 37.6 Å². The van der Waals surface area contributed by atoms with Crippen LogP contribution in [0.2, 0.25) is 5.02 Å². The lowest BCUT2D eigenvalue weighted by molar-refractivity contribution is 0.0224. The molecule has 0 aromatic heterocycles. The van der Waals surface area contributed by atoms with Crippen LogP contribution in [0.5, 0.6) is 0 Å². The van der Waals surface area contributed by atoms with Gasteiger partial charge in [-0.1, -0.05) is 11.6 Å². The number of carbonyl (C=O) groups excluding carboxylic acids is 1. The van der Waals surface area contributed by atoms with Crippen molar-refractivity contribution in [2.24, 2.45) is 5.92 Å². The molecule has 2 aliphatic heterocycles. The summed E-state index contributed by atoms with van der Waals surface area (Å²) in [6.45, 7) is 6.39. The molecule has 2 heterocycles. The molecule has 1 amide bonds. The average molecular weight is 369 g/mol. The Morgan fingerprint density at radius 2 is 2.12 bits per heavy atom. The van der Waals surface area contributed by atoms with Crippen LogP contribution in [0.3, 0.4) is 0 Å². The number of hydrogen-bond acceptors (Lipinski definition) is 4. The minimum Gasteiger partial charge on any atom is -0.379 e. The van der Waals surface area contributed by atoms with Gasteiger partial charge in [-0.15, -0.1) is 11.8 Å². The minimum absolute atomic E-state index is 0.0718. The van der Waals surface area contributed by atoms with Gasteiger partial charge in [-0.2, -0.15) is 0 Å². The van der Waals surface area contributed by atoms with Crippen molar-refractivity contribution in [1.82, 2.24) is 9.80 Å². The highest BCUT2D eigenvalue weighted by Crippen LogP contribution is 2.26. The molecule has 24 heavy (non-hydrogen) atoms. The lowest BCUT2D eigenvalue weighted by Crippen LogP contribution is -2.46. The van der Waals surface area contributed by atoms with Crippen LogP contribution in [0.15, 0.2) is 23.1 Å². The summed E-state index contributed by atoms with van der Waals surface area (Å²) >= 11 is 7.91. The Labute approximate surface area is 153 Å². The lowest BCUT2D eigenvalue weighted by Gasteiger charge is -2.37. The highest BCUT2D eigenvalue weighted by atomic mass is 35.5. The van der Waals surface area contributed by atoms with Crippen molar-refractivity contribution in [2.75, 3.05) is 52.2 Å². The van der Waals surface area contributed by atoms with Gasteiger partial charge in [0.2, 0.25) is 0 Å². The fourth-order valence-electron chi connectivity index (χ4n) is 3.51. The third kappa shape index (κ3) is 4.45. The molecular weight excluding hydrogens is 344 g/mol. The Bertz CT molecular complexity index is 578. The Morgan fingerprint density at radius 3 is 2.88 bits per heavy atom. The van der Waals surface area contributed by atoms with Gasteiger partial charge in [0.1, 0.15) is 0 Å². The zero-order valence-corrected chi connectivity index (χ0v) is 15.7. The molecule has 0 saturated carbocycles. The number of benzene rings is 1. The van der Waals surface area contributed by atoms with Gasteiger partial charge >= 0.3 is 0 Å². The Balaban J connectivity index is 1.64. The van der Waals surface area contributed by atoms with E-state index in [2.05, 4.69) is 4.90 Å². The molecule has 0 N–H and O–H groups in total. The van der Waals surface area contributed by atoms with E-state index in [1.54, 1.807) is 11.8 Å². The summed E-state index contributed by atoms with van der Waals surface area (Å²) in [6, 6.07) is 5.71. The molecule has 0 aliphatic carbocycles. The van der Waals surface area contributed by atoms with E-state index in [-0.39, 0.29) is 5.91 Å². The smallest absolute Gasteiger partial charge is 0.255 e. The van der Waals surface area contributed by atoms with E-state index in [9.17, 15) is 4.79 Å². The van der Waals surface area contributed by atoms with Crippen LogP contribution in [0.1, 0.15) is 23.2 Å². The fraction of sp³-hybridized carbons (Fsp3) is 0.611. The van der Waals surface area contributed by atoms with Crippen molar-refractivity contribution >= 4 is 29.3 Å².